The van der Waals surface area contributed by atoms with Gasteiger partial charge in [-0.25, -0.2) is 15.0 Å². The van der Waals surface area contributed by atoms with Gasteiger partial charge >= 0.3 is 0 Å². The third kappa shape index (κ3) is 4.61. The maximum atomic E-state index is 6.10. The molecule has 3 aliphatic heterocycles. The minimum Gasteiger partial charge on any atom is -0.490 e. The van der Waals surface area contributed by atoms with Gasteiger partial charge in [-0.15, -0.1) is 0 Å². The highest BCUT2D eigenvalue weighted by molar-refractivity contribution is 5.77. The Morgan fingerprint density at radius 1 is 1.06 bits per heavy atom. The first-order valence-corrected chi connectivity index (χ1v) is 12.3. The average Bonchev–Trinajstić information content (AvgIpc) is 2.90. The lowest BCUT2D eigenvalue weighted by Gasteiger charge is -2.24. The van der Waals surface area contributed by atoms with Crippen LogP contribution in [0.25, 0.3) is 11.3 Å². The Kier molecular flexibility index (Phi) is 6.10. The van der Waals surface area contributed by atoms with E-state index in [1.165, 1.54) is 5.56 Å². The first-order chi connectivity index (χ1) is 17.2. The minimum absolute atomic E-state index is 0.218. The predicted molar refractivity (Wildman–Crippen MR) is 134 cm³/mol. The van der Waals surface area contributed by atoms with Crippen LogP contribution in [0.4, 0.5) is 17.3 Å². The lowest BCUT2D eigenvalue weighted by atomic mass is 9.97. The molecular formula is C26H30N6O3. The molecule has 0 spiro atoms. The van der Waals surface area contributed by atoms with Crippen molar-refractivity contribution in [3.05, 3.63) is 47.3 Å². The molecule has 1 aromatic carbocycles. The summed E-state index contributed by atoms with van der Waals surface area (Å²) in [6.07, 6.45) is 4.83. The van der Waals surface area contributed by atoms with E-state index in [2.05, 4.69) is 27.9 Å². The first-order valence-electron chi connectivity index (χ1n) is 12.3. The number of pyridine rings is 1. The number of nitrogens with one attached hydrogen (secondary N) is 3. The number of fused-ring (bicyclic) bond motifs is 2. The highest BCUT2D eigenvalue weighted by atomic mass is 16.5. The van der Waals surface area contributed by atoms with Crippen LogP contribution in [0.15, 0.2) is 30.5 Å². The second kappa shape index (κ2) is 9.67. The van der Waals surface area contributed by atoms with Crippen molar-refractivity contribution in [2.75, 3.05) is 43.5 Å². The van der Waals surface area contributed by atoms with Gasteiger partial charge in [0.1, 0.15) is 24.1 Å². The molecule has 1 saturated heterocycles. The van der Waals surface area contributed by atoms with E-state index in [0.29, 0.717) is 18.4 Å². The van der Waals surface area contributed by atoms with E-state index in [9.17, 15) is 0 Å². The van der Waals surface area contributed by atoms with E-state index in [1.54, 1.807) is 0 Å². The molecule has 6 rings (SSSR count). The Morgan fingerprint density at radius 3 is 2.77 bits per heavy atom. The van der Waals surface area contributed by atoms with Crippen molar-refractivity contribution in [2.24, 2.45) is 0 Å². The van der Waals surface area contributed by atoms with Crippen LogP contribution in [0.1, 0.15) is 29.7 Å². The lowest BCUT2D eigenvalue weighted by Crippen LogP contribution is -2.26. The normalized spacial score (nSPS) is 17.5. The molecule has 3 aliphatic rings. The monoisotopic (exact) mass is 474 g/mol. The fourth-order valence-electron chi connectivity index (χ4n) is 4.83. The standard InChI is InChI=1S/C26H30N6O3/c1-16-21(14-29-25-23(16)28-10-13-34-25)24-20-6-9-27-15-22(20)31-26(32-24)30-17-2-4-18(5-3-17)35-19-7-11-33-12-8-19/h2-5,14,19,27-28H,6-13,15H2,1H3,(H,30,31,32). The Hall–Kier alpha value is -3.43. The summed E-state index contributed by atoms with van der Waals surface area (Å²) < 4.78 is 17.2. The molecule has 0 aliphatic carbocycles. The Bertz CT molecular complexity index is 1210. The van der Waals surface area contributed by atoms with E-state index in [-0.39, 0.29) is 6.10 Å². The van der Waals surface area contributed by atoms with Gasteiger partial charge in [0.25, 0.3) is 0 Å². The van der Waals surface area contributed by atoms with Gasteiger partial charge in [-0.1, -0.05) is 0 Å². The molecule has 5 heterocycles. The van der Waals surface area contributed by atoms with Crippen LogP contribution in [0, 0.1) is 6.92 Å². The molecule has 2 aromatic heterocycles. The minimum atomic E-state index is 0.218. The number of ether oxygens (including phenoxy) is 3. The summed E-state index contributed by atoms with van der Waals surface area (Å²) in [7, 11) is 0. The molecule has 0 amide bonds. The molecule has 9 heteroatoms. The smallest absolute Gasteiger partial charge is 0.237 e. The van der Waals surface area contributed by atoms with E-state index >= 15 is 0 Å². The van der Waals surface area contributed by atoms with Gasteiger partial charge in [0.2, 0.25) is 11.8 Å². The van der Waals surface area contributed by atoms with Gasteiger partial charge in [0.05, 0.1) is 24.6 Å². The van der Waals surface area contributed by atoms with Gasteiger partial charge < -0.3 is 30.2 Å². The number of rotatable bonds is 5. The summed E-state index contributed by atoms with van der Waals surface area (Å²) in [4.78, 5) is 14.4. The van der Waals surface area contributed by atoms with Crippen molar-refractivity contribution in [2.45, 2.75) is 38.8 Å². The van der Waals surface area contributed by atoms with E-state index in [0.717, 1.165) is 91.7 Å². The molecule has 9 nitrogen and oxygen atoms in total. The second-order valence-corrected chi connectivity index (χ2v) is 9.08. The van der Waals surface area contributed by atoms with Crippen molar-refractivity contribution in [1.29, 1.82) is 0 Å². The van der Waals surface area contributed by atoms with Crippen LogP contribution < -0.4 is 25.4 Å². The lowest BCUT2D eigenvalue weighted by molar-refractivity contribution is 0.0256. The summed E-state index contributed by atoms with van der Waals surface area (Å²) in [5.74, 6) is 2.09. The molecule has 182 valence electrons. The molecular weight excluding hydrogens is 444 g/mol. The zero-order valence-corrected chi connectivity index (χ0v) is 19.9. The quantitative estimate of drug-likeness (QED) is 0.512. The van der Waals surface area contributed by atoms with Gasteiger partial charge in [-0.2, -0.15) is 0 Å². The van der Waals surface area contributed by atoms with Gasteiger partial charge in [-0.3, -0.25) is 0 Å². The maximum Gasteiger partial charge on any atom is 0.237 e. The van der Waals surface area contributed by atoms with Crippen molar-refractivity contribution >= 4 is 17.3 Å². The second-order valence-electron chi connectivity index (χ2n) is 9.08. The van der Waals surface area contributed by atoms with Gasteiger partial charge in [-0.05, 0) is 49.7 Å². The van der Waals surface area contributed by atoms with E-state index in [1.807, 2.05) is 30.5 Å². The Morgan fingerprint density at radius 2 is 1.91 bits per heavy atom. The summed E-state index contributed by atoms with van der Waals surface area (Å²) >= 11 is 0. The molecule has 0 saturated carbocycles. The van der Waals surface area contributed by atoms with Crippen LogP contribution in [0.2, 0.25) is 0 Å². The summed E-state index contributed by atoms with van der Waals surface area (Å²) in [6, 6.07) is 7.98. The van der Waals surface area contributed by atoms with Crippen LogP contribution in [0.5, 0.6) is 11.6 Å². The number of anilines is 3. The molecule has 0 bridgehead atoms. The van der Waals surface area contributed by atoms with Crippen molar-refractivity contribution in [3.63, 3.8) is 0 Å². The Balaban J connectivity index is 1.29. The molecule has 3 N–H and O–H groups in total. The van der Waals surface area contributed by atoms with E-state index in [4.69, 9.17) is 24.2 Å². The maximum absolute atomic E-state index is 6.10. The van der Waals surface area contributed by atoms with Crippen LogP contribution >= 0.6 is 0 Å². The predicted octanol–water partition coefficient (Wildman–Crippen LogP) is 3.60. The van der Waals surface area contributed by atoms with Crippen LogP contribution in [0.3, 0.4) is 0 Å². The SMILES string of the molecule is Cc1c(-c2nc(Nc3ccc(OC4CCOCC4)cc3)nc3c2CCNC3)cnc2c1NCCO2. The van der Waals surface area contributed by atoms with Crippen molar-refractivity contribution in [1.82, 2.24) is 20.3 Å². The fraction of sp³-hybridized carbons (Fsp3) is 0.423. The van der Waals surface area contributed by atoms with E-state index < -0.39 is 0 Å². The molecule has 0 atom stereocenters. The van der Waals surface area contributed by atoms with Crippen LogP contribution in [-0.4, -0.2) is 54.0 Å². The zero-order valence-electron chi connectivity index (χ0n) is 19.9. The summed E-state index contributed by atoms with van der Waals surface area (Å²) in [5, 5.41) is 10.3. The Labute approximate surface area is 204 Å². The summed E-state index contributed by atoms with van der Waals surface area (Å²) in [5.41, 5.74) is 7.08. The van der Waals surface area contributed by atoms with Gasteiger partial charge in [0, 0.05) is 48.9 Å². The number of hydrogen-bond acceptors (Lipinski definition) is 9. The van der Waals surface area contributed by atoms with Crippen LogP contribution in [-0.2, 0) is 17.7 Å². The first kappa shape index (κ1) is 22.1. The number of nitrogens with zero attached hydrogens (tertiary/aromatic N) is 3. The molecule has 3 aromatic rings. The number of benzene rings is 1. The zero-order chi connectivity index (χ0) is 23.6. The fourth-order valence-corrected chi connectivity index (χ4v) is 4.83. The molecule has 35 heavy (non-hydrogen) atoms. The van der Waals surface area contributed by atoms with Gasteiger partial charge in [0.15, 0.2) is 0 Å². The average molecular weight is 475 g/mol. The number of hydrogen-bond donors (Lipinski definition) is 3. The molecule has 1 fully saturated rings. The van der Waals surface area contributed by atoms with Crippen molar-refractivity contribution < 1.29 is 14.2 Å². The largest absolute Gasteiger partial charge is 0.490 e. The third-order valence-electron chi connectivity index (χ3n) is 6.72. The highest BCUT2D eigenvalue weighted by Crippen LogP contribution is 2.37. The topological polar surface area (TPSA) is 102 Å². The molecule has 0 radical (unpaired) electrons. The third-order valence-corrected chi connectivity index (χ3v) is 6.72. The molecule has 0 unspecified atom stereocenters. The van der Waals surface area contributed by atoms with Crippen molar-refractivity contribution in [3.8, 4) is 22.9 Å². The summed E-state index contributed by atoms with van der Waals surface area (Å²) in [6.45, 7) is 6.64. The number of aromatic nitrogens is 3. The highest BCUT2D eigenvalue weighted by Gasteiger charge is 2.23.